The number of hydrogen-bond donors (Lipinski definition) is 1. The van der Waals surface area contributed by atoms with Crippen LogP contribution in [-0.2, 0) is 6.42 Å². The molecule has 0 saturated carbocycles. The van der Waals surface area contributed by atoms with Gasteiger partial charge in [-0.25, -0.2) is 4.68 Å². The summed E-state index contributed by atoms with van der Waals surface area (Å²) in [6, 6.07) is 10.7. The highest BCUT2D eigenvalue weighted by Gasteiger charge is 2.25. The molecule has 2 heterocycles. The summed E-state index contributed by atoms with van der Waals surface area (Å²) in [5.74, 6) is 0.930. The van der Waals surface area contributed by atoms with Gasteiger partial charge < -0.3 is 5.32 Å². The number of fused-ring (bicyclic) bond motifs is 1. The van der Waals surface area contributed by atoms with Gasteiger partial charge in [0.1, 0.15) is 5.82 Å². The van der Waals surface area contributed by atoms with Gasteiger partial charge in [-0.2, -0.15) is 5.10 Å². The Kier molecular flexibility index (Phi) is 4.13. The number of benzene rings is 2. The second-order valence-corrected chi connectivity index (χ2v) is 7.23. The predicted octanol–water partition coefficient (Wildman–Crippen LogP) is 6.12. The van der Waals surface area contributed by atoms with Crippen LogP contribution in [0.4, 0.5) is 5.82 Å². The average Bonchev–Trinajstić information content (AvgIpc) is 3.11. The Morgan fingerprint density at radius 1 is 0.917 bits per heavy atom. The lowest BCUT2D eigenvalue weighted by molar-refractivity contribution is 0.882. The molecule has 1 N–H and O–H groups in total. The topological polar surface area (TPSA) is 29.9 Å². The van der Waals surface area contributed by atoms with E-state index in [1.165, 1.54) is 0 Å². The van der Waals surface area contributed by atoms with Crippen LogP contribution in [0, 0.1) is 0 Å². The van der Waals surface area contributed by atoms with E-state index in [1.807, 2.05) is 22.9 Å². The maximum Gasteiger partial charge on any atom is 0.133 e. The molecule has 0 amide bonds. The van der Waals surface area contributed by atoms with E-state index in [0.717, 1.165) is 41.3 Å². The van der Waals surface area contributed by atoms with Gasteiger partial charge in [0, 0.05) is 32.7 Å². The summed E-state index contributed by atoms with van der Waals surface area (Å²) in [6.07, 6.45) is 0.863. The highest BCUT2D eigenvalue weighted by atomic mass is 35.5. The third kappa shape index (κ3) is 2.76. The van der Waals surface area contributed by atoms with E-state index in [-0.39, 0.29) is 0 Å². The van der Waals surface area contributed by atoms with Crippen molar-refractivity contribution in [1.29, 1.82) is 0 Å². The molecule has 2 aromatic carbocycles. The number of hydrogen-bond acceptors (Lipinski definition) is 2. The van der Waals surface area contributed by atoms with Gasteiger partial charge >= 0.3 is 0 Å². The minimum atomic E-state index is 0.557. The maximum atomic E-state index is 6.37. The lowest BCUT2D eigenvalue weighted by atomic mass is 10.1. The summed E-state index contributed by atoms with van der Waals surface area (Å²) in [4.78, 5) is 0. The Labute approximate surface area is 159 Å². The lowest BCUT2D eigenvalue weighted by Crippen LogP contribution is -2.04. The van der Waals surface area contributed by atoms with Crippen molar-refractivity contribution in [1.82, 2.24) is 9.78 Å². The molecule has 3 aromatic rings. The van der Waals surface area contributed by atoms with E-state index in [0.29, 0.717) is 20.1 Å². The third-order valence-corrected chi connectivity index (χ3v) is 4.93. The molecule has 122 valence electrons. The first-order valence-electron chi connectivity index (χ1n) is 7.30. The van der Waals surface area contributed by atoms with Crippen LogP contribution in [0.2, 0.25) is 20.1 Å². The normalized spacial score (nSPS) is 13.0. The van der Waals surface area contributed by atoms with E-state index in [4.69, 9.17) is 51.5 Å². The highest BCUT2D eigenvalue weighted by Crippen LogP contribution is 2.39. The SMILES string of the molecule is Clc1cc(Cl)cc(-n2nc(-c3cc(Cl)ccc3Cl)c3c2NCC3)c1. The number of halogens is 4. The van der Waals surface area contributed by atoms with Crippen LogP contribution >= 0.6 is 46.4 Å². The molecule has 0 saturated heterocycles. The fourth-order valence-electron chi connectivity index (χ4n) is 2.92. The van der Waals surface area contributed by atoms with Crippen LogP contribution in [0.25, 0.3) is 16.9 Å². The molecule has 0 unspecified atom stereocenters. The summed E-state index contributed by atoms with van der Waals surface area (Å²) in [7, 11) is 0. The van der Waals surface area contributed by atoms with Gasteiger partial charge in [-0.05, 0) is 42.8 Å². The molecule has 3 nitrogen and oxygen atoms in total. The van der Waals surface area contributed by atoms with Gasteiger partial charge in [0.05, 0.1) is 16.4 Å². The van der Waals surface area contributed by atoms with E-state index >= 15 is 0 Å². The predicted molar refractivity (Wildman–Crippen MR) is 101 cm³/mol. The first kappa shape index (κ1) is 16.1. The zero-order chi connectivity index (χ0) is 16.8. The van der Waals surface area contributed by atoms with Gasteiger partial charge in [-0.3, -0.25) is 0 Å². The molecule has 0 spiro atoms. The minimum Gasteiger partial charge on any atom is -0.369 e. The minimum absolute atomic E-state index is 0.557. The molecule has 1 aromatic heterocycles. The lowest BCUT2D eigenvalue weighted by Gasteiger charge is -2.08. The fourth-order valence-corrected chi connectivity index (χ4v) is 3.81. The standard InChI is InChI=1S/C17H11Cl4N3/c18-9-1-2-15(21)14(8-9)16-13-3-4-22-17(13)24(23-16)12-6-10(19)5-11(20)7-12/h1-2,5-8,22H,3-4H2. The van der Waals surface area contributed by atoms with Gasteiger partial charge in [0.2, 0.25) is 0 Å². The molecule has 1 aliphatic heterocycles. The van der Waals surface area contributed by atoms with Crippen LogP contribution in [0.1, 0.15) is 5.56 Å². The first-order chi connectivity index (χ1) is 11.5. The van der Waals surface area contributed by atoms with Crippen molar-refractivity contribution in [3.05, 3.63) is 62.1 Å². The van der Waals surface area contributed by atoms with Crippen LogP contribution in [-0.4, -0.2) is 16.3 Å². The molecule has 0 aliphatic carbocycles. The van der Waals surface area contributed by atoms with Crippen molar-refractivity contribution in [3.63, 3.8) is 0 Å². The van der Waals surface area contributed by atoms with Crippen molar-refractivity contribution in [2.24, 2.45) is 0 Å². The van der Waals surface area contributed by atoms with Gasteiger partial charge in [0.25, 0.3) is 0 Å². The molecule has 0 radical (unpaired) electrons. The Morgan fingerprint density at radius 2 is 1.67 bits per heavy atom. The highest BCUT2D eigenvalue weighted by molar-refractivity contribution is 6.35. The van der Waals surface area contributed by atoms with Crippen molar-refractivity contribution in [2.75, 3.05) is 11.9 Å². The molecular weight excluding hydrogens is 388 g/mol. The fraction of sp³-hybridized carbons (Fsp3) is 0.118. The molecule has 7 heteroatoms. The maximum absolute atomic E-state index is 6.37. The summed E-state index contributed by atoms with van der Waals surface area (Å²) in [6.45, 7) is 0.840. The molecule has 4 rings (SSSR count). The van der Waals surface area contributed by atoms with Crippen molar-refractivity contribution >= 4 is 52.2 Å². The van der Waals surface area contributed by atoms with Crippen molar-refractivity contribution in [2.45, 2.75) is 6.42 Å². The Morgan fingerprint density at radius 3 is 2.42 bits per heavy atom. The Balaban J connectivity index is 1.94. The third-order valence-electron chi connectivity index (χ3n) is 3.93. The average molecular weight is 399 g/mol. The number of nitrogens with one attached hydrogen (secondary N) is 1. The molecule has 1 aliphatic rings. The van der Waals surface area contributed by atoms with Gasteiger partial charge in [-0.15, -0.1) is 0 Å². The van der Waals surface area contributed by atoms with E-state index < -0.39 is 0 Å². The summed E-state index contributed by atoms with van der Waals surface area (Å²) in [5, 5.41) is 10.5. The molecule has 24 heavy (non-hydrogen) atoms. The molecule has 0 bridgehead atoms. The summed E-state index contributed by atoms with van der Waals surface area (Å²) < 4.78 is 1.81. The molecule has 0 atom stereocenters. The summed E-state index contributed by atoms with van der Waals surface area (Å²) in [5.41, 5.74) is 3.53. The van der Waals surface area contributed by atoms with E-state index in [2.05, 4.69) is 5.32 Å². The van der Waals surface area contributed by atoms with Gasteiger partial charge in [-0.1, -0.05) is 46.4 Å². The Bertz CT molecular complexity index is 929. The second-order valence-electron chi connectivity index (χ2n) is 5.52. The number of aromatic nitrogens is 2. The first-order valence-corrected chi connectivity index (χ1v) is 8.82. The van der Waals surface area contributed by atoms with Crippen LogP contribution in [0.15, 0.2) is 36.4 Å². The van der Waals surface area contributed by atoms with Gasteiger partial charge in [0.15, 0.2) is 0 Å². The van der Waals surface area contributed by atoms with Crippen LogP contribution in [0.3, 0.4) is 0 Å². The van der Waals surface area contributed by atoms with E-state index in [9.17, 15) is 0 Å². The summed E-state index contributed by atoms with van der Waals surface area (Å²) >= 11 is 24.8. The molecule has 0 fully saturated rings. The van der Waals surface area contributed by atoms with Crippen LogP contribution in [0.5, 0.6) is 0 Å². The Hall–Kier alpha value is -1.39. The second kappa shape index (κ2) is 6.16. The zero-order valence-electron chi connectivity index (χ0n) is 12.3. The quantitative estimate of drug-likeness (QED) is 0.563. The van der Waals surface area contributed by atoms with Crippen LogP contribution < -0.4 is 5.32 Å². The zero-order valence-corrected chi connectivity index (χ0v) is 15.3. The molecular formula is C17H11Cl4N3. The number of anilines is 1. The van der Waals surface area contributed by atoms with E-state index in [1.54, 1.807) is 18.2 Å². The largest absolute Gasteiger partial charge is 0.369 e. The number of nitrogens with zero attached hydrogens (tertiary/aromatic N) is 2. The number of rotatable bonds is 2. The van der Waals surface area contributed by atoms with Crippen molar-refractivity contribution < 1.29 is 0 Å². The monoisotopic (exact) mass is 397 g/mol. The smallest absolute Gasteiger partial charge is 0.133 e. The van der Waals surface area contributed by atoms with Crippen molar-refractivity contribution in [3.8, 4) is 16.9 Å².